The lowest BCUT2D eigenvalue weighted by Gasteiger charge is -2.18. The molecule has 3 aromatic rings. The molecule has 0 saturated heterocycles. The number of aryl methyl sites for hydroxylation is 1. The summed E-state index contributed by atoms with van der Waals surface area (Å²) < 4.78 is 5.29. The summed E-state index contributed by atoms with van der Waals surface area (Å²) in [5.74, 6) is 0.327. The van der Waals surface area contributed by atoms with E-state index in [-0.39, 0.29) is 17.6 Å². The number of benzene rings is 1. The molecule has 1 amide bonds. The first-order chi connectivity index (χ1) is 15.0. The van der Waals surface area contributed by atoms with Crippen molar-refractivity contribution < 1.29 is 14.3 Å². The highest BCUT2D eigenvalue weighted by atomic mass is 32.2. The fraction of sp³-hybridized carbons (Fsp3) is 0.375. The maximum absolute atomic E-state index is 12.7. The number of thiophene rings is 1. The number of hydrogen-bond acceptors (Lipinski definition) is 6. The van der Waals surface area contributed by atoms with E-state index < -0.39 is 0 Å². The van der Waals surface area contributed by atoms with Gasteiger partial charge in [-0.15, -0.1) is 11.3 Å². The Bertz CT molecular complexity index is 1140. The minimum Gasteiger partial charge on any atom is -0.462 e. The van der Waals surface area contributed by atoms with Gasteiger partial charge in [0.15, 0.2) is 0 Å². The lowest BCUT2D eigenvalue weighted by Crippen LogP contribution is -2.17. The van der Waals surface area contributed by atoms with Crippen LogP contribution in [0.25, 0.3) is 10.9 Å². The summed E-state index contributed by atoms with van der Waals surface area (Å²) in [7, 11) is 0. The van der Waals surface area contributed by atoms with Crippen molar-refractivity contribution in [3.63, 3.8) is 0 Å². The van der Waals surface area contributed by atoms with Crippen molar-refractivity contribution in [2.45, 2.75) is 45.1 Å². The SMILES string of the molecule is CCOC(=O)c1c(NC(=O)CSc2cc(C)c3ccccc3n2)sc2c1CC[C@H](C)C2. The van der Waals surface area contributed by atoms with Gasteiger partial charge in [-0.1, -0.05) is 36.9 Å². The number of fused-ring (bicyclic) bond motifs is 2. The summed E-state index contributed by atoms with van der Waals surface area (Å²) in [6.45, 7) is 6.39. The lowest BCUT2D eigenvalue weighted by atomic mass is 9.88. The average Bonchev–Trinajstić information content (AvgIpc) is 3.09. The fourth-order valence-corrected chi connectivity index (χ4v) is 6.14. The van der Waals surface area contributed by atoms with Crippen LogP contribution in [0.5, 0.6) is 0 Å². The first-order valence-corrected chi connectivity index (χ1v) is 12.4. The van der Waals surface area contributed by atoms with Gasteiger partial charge >= 0.3 is 5.97 Å². The Kier molecular flexibility index (Phi) is 6.62. The summed E-state index contributed by atoms with van der Waals surface area (Å²) in [6.07, 6.45) is 2.84. The zero-order valence-corrected chi connectivity index (χ0v) is 19.6. The number of rotatable bonds is 6. The third-order valence-electron chi connectivity index (χ3n) is 5.49. The van der Waals surface area contributed by atoms with Crippen LogP contribution >= 0.6 is 23.1 Å². The van der Waals surface area contributed by atoms with Crippen LogP contribution in [0.15, 0.2) is 35.4 Å². The Morgan fingerprint density at radius 2 is 2.13 bits per heavy atom. The van der Waals surface area contributed by atoms with Crippen LogP contribution in [0, 0.1) is 12.8 Å². The van der Waals surface area contributed by atoms with Crippen molar-refractivity contribution >= 4 is 50.9 Å². The zero-order chi connectivity index (χ0) is 22.0. The van der Waals surface area contributed by atoms with Crippen molar-refractivity contribution in [3.05, 3.63) is 51.9 Å². The van der Waals surface area contributed by atoms with Gasteiger partial charge < -0.3 is 10.1 Å². The number of ether oxygens (including phenoxy) is 1. The normalized spacial score (nSPS) is 15.5. The van der Waals surface area contributed by atoms with E-state index in [1.165, 1.54) is 28.0 Å². The number of anilines is 1. The van der Waals surface area contributed by atoms with Gasteiger partial charge in [0.05, 0.1) is 28.5 Å². The zero-order valence-electron chi connectivity index (χ0n) is 18.0. The molecule has 1 atom stereocenters. The standard InChI is InChI=1S/C24H26N2O3S2/c1-4-29-24(28)22-17-10-9-14(2)11-19(17)31-23(22)26-20(27)13-30-21-12-15(3)16-7-5-6-8-18(16)25-21/h5-8,12,14H,4,9-11,13H2,1-3H3,(H,26,27)/t14-/m0/s1. The fourth-order valence-electron chi connectivity index (χ4n) is 3.95. The molecule has 1 aliphatic rings. The van der Waals surface area contributed by atoms with Crippen molar-refractivity contribution in [3.8, 4) is 0 Å². The van der Waals surface area contributed by atoms with Crippen molar-refractivity contribution in [2.75, 3.05) is 17.7 Å². The summed E-state index contributed by atoms with van der Waals surface area (Å²) in [5.41, 5.74) is 3.66. The molecule has 2 aromatic heterocycles. The second kappa shape index (κ2) is 9.40. The van der Waals surface area contributed by atoms with Gasteiger partial charge in [-0.3, -0.25) is 4.79 Å². The number of para-hydroxylation sites is 1. The predicted molar refractivity (Wildman–Crippen MR) is 127 cm³/mol. The summed E-state index contributed by atoms with van der Waals surface area (Å²) in [4.78, 5) is 31.2. The van der Waals surface area contributed by atoms with E-state index in [0.717, 1.165) is 46.3 Å². The average molecular weight is 455 g/mol. The molecule has 2 heterocycles. The van der Waals surface area contributed by atoms with Gasteiger partial charge in [-0.2, -0.15) is 0 Å². The predicted octanol–water partition coefficient (Wildman–Crippen LogP) is 5.64. The topological polar surface area (TPSA) is 68.3 Å². The molecule has 0 fully saturated rings. The molecule has 0 unspecified atom stereocenters. The van der Waals surface area contributed by atoms with Crippen molar-refractivity contribution in [1.82, 2.24) is 4.98 Å². The van der Waals surface area contributed by atoms with Gasteiger partial charge in [0, 0.05) is 10.3 Å². The number of hydrogen-bond donors (Lipinski definition) is 1. The van der Waals surface area contributed by atoms with E-state index in [0.29, 0.717) is 23.1 Å². The number of nitrogens with one attached hydrogen (secondary N) is 1. The first kappa shape index (κ1) is 21.8. The number of pyridine rings is 1. The quantitative estimate of drug-likeness (QED) is 0.386. The van der Waals surface area contributed by atoms with Crippen LogP contribution in [0.2, 0.25) is 0 Å². The maximum atomic E-state index is 12.7. The monoisotopic (exact) mass is 454 g/mol. The van der Waals surface area contributed by atoms with Crippen molar-refractivity contribution in [2.24, 2.45) is 5.92 Å². The van der Waals surface area contributed by atoms with E-state index >= 15 is 0 Å². The Hall–Kier alpha value is -2.38. The molecule has 5 nitrogen and oxygen atoms in total. The minimum atomic E-state index is -0.343. The molecule has 0 spiro atoms. The number of carbonyl (C=O) groups excluding carboxylic acids is 2. The van der Waals surface area contributed by atoms with E-state index in [4.69, 9.17) is 4.74 Å². The van der Waals surface area contributed by atoms with Crippen LogP contribution in [0.3, 0.4) is 0 Å². The van der Waals surface area contributed by atoms with Gasteiger partial charge in [0.2, 0.25) is 5.91 Å². The number of esters is 1. The molecule has 1 N–H and O–H groups in total. The summed E-state index contributed by atoms with van der Waals surface area (Å²) >= 11 is 2.92. The molecule has 7 heteroatoms. The number of aromatic nitrogens is 1. The van der Waals surface area contributed by atoms with Crippen molar-refractivity contribution in [1.29, 1.82) is 0 Å². The van der Waals surface area contributed by atoms with Gasteiger partial charge in [-0.25, -0.2) is 9.78 Å². The highest BCUT2D eigenvalue weighted by molar-refractivity contribution is 7.99. The van der Waals surface area contributed by atoms with Gasteiger partial charge in [0.25, 0.3) is 0 Å². The van der Waals surface area contributed by atoms with E-state index in [2.05, 4.69) is 30.2 Å². The Labute approximate surface area is 190 Å². The second-order valence-corrected chi connectivity index (χ2v) is 10.0. The molecule has 4 rings (SSSR count). The third-order valence-corrected chi connectivity index (χ3v) is 7.58. The lowest BCUT2D eigenvalue weighted by molar-refractivity contribution is -0.113. The maximum Gasteiger partial charge on any atom is 0.341 e. The number of amides is 1. The van der Waals surface area contributed by atoms with Gasteiger partial charge in [-0.05, 0) is 62.3 Å². The molecule has 1 aliphatic carbocycles. The minimum absolute atomic E-state index is 0.144. The molecule has 162 valence electrons. The summed E-state index contributed by atoms with van der Waals surface area (Å²) in [6, 6.07) is 10.0. The number of nitrogens with zero attached hydrogens (tertiary/aromatic N) is 1. The Morgan fingerprint density at radius 3 is 2.94 bits per heavy atom. The van der Waals surface area contributed by atoms with E-state index in [1.54, 1.807) is 6.92 Å². The largest absolute Gasteiger partial charge is 0.462 e. The van der Waals surface area contributed by atoms with Crippen LogP contribution in [-0.4, -0.2) is 29.2 Å². The molecule has 1 aromatic carbocycles. The molecular weight excluding hydrogens is 428 g/mol. The van der Waals surface area contributed by atoms with E-state index in [9.17, 15) is 9.59 Å². The Morgan fingerprint density at radius 1 is 1.32 bits per heavy atom. The molecule has 0 bridgehead atoms. The number of thioether (sulfide) groups is 1. The highest BCUT2D eigenvalue weighted by Gasteiger charge is 2.29. The molecule has 0 saturated carbocycles. The highest BCUT2D eigenvalue weighted by Crippen LogP contribution is 2.40. The smallest absolute Gasteiger partial charge is 0.341 e. The summed E-state index contributed by atoms with van der Waals surface area (Å²) in [5, 5.41) is 5.53. The Balaban J connectivity index is 1.50. The number of carbonyl (C=O) groups is 2. The molecule has 0 aliphatic heterocycles. The second-order valence-electron chi connectivity index (χ2n) is 7.91. The molecule has 0 radical (unpaired) electrons. The van der Waals surface area contributed by atoms with Crippen LogP contribution in [0.4, 0.5) is 5.00 Å². The van der Waals surface area contributed by atoms with Gasteiger partial charge in [0.1, 0.15) is 5.00 Å². The van der Waals surface area contributed by atoms with Crippen LogP contribution < -0.4 is 5.32 Å². The molecular formula is C24H26N2O3S2. The third kappa shape index (κ3) is 4.77. The van der Waals surface area contributed by atoms with Crippen LogP contribution in [0.1, 0.15) is 46.6 Å². The first-order valence-electron chi connectivity index (χ1n) is 10.6. The molecule has 31 heavy (non-hydrogen) atoms. The van der Waals surface area contributed by atoms with Crippen LogP contribution in [-0.2, 0) is 22.4 Å². The van der Waals surface area contributed by atoms with E-state index in [1.807, 2.05) is 24.3 Å².